The van der Waals surface area contributed by atoms with Gasteiger partial charge in [-0.15, -0.1) is 0 Å². The molecule has 1 aliphatic heterocycles. The first-order chi connectivity index (χ1) is 15.7. The fourth-order valence-electron chi connectivity index (χ4n) is 4.17. The Morgan fingerprint density at radius 3 is 2.03 bits per heavy atom. The van der Waals surface area contributed by atoms with E-state index in [1.165, 1.54) is 11.1 Å². The Morgan fingerprint density at radius 2 is 1.34 bits per heavy atom. The van der Waals surface area contributed by atoms with Crippen molar-refractivity contribution in [3.63, 3.8) is 0 Å². The lowest BCUT2D eigenvalue weighted by Gasteiger charge is -2.34. The first-order valence-electron chi connectivity index (χ1n) is 11.2. The molecule has 0 bridgehead atoms. The van der Waals surface area contributed by atoms with E-state index >= 15 is 0 Å². The summed E-state index contributed by atoms with van der Waals surface area (Å²) in [4.78, 5) is 14.2. The third-order valence-corrected chi connectivity index (χ3v) is 6.08. The summed E-state index contributed by atoms with van der Waals surface area (Å²) < 4.78 is 6.03. The summed E-state index contributed by atoms with van der Waals surface area (Å²) in [5.74, 6) is 1.61. The second-order valence-electron chi connectivity index (χ2n) is 8.34. The minimum absolute atomic E-state index is 0.700. The number of aromatic nitrogens is 2. The summed E-state index contributed by atoms with van der Waals surface area (Å²) in [6.07, 6.45) is 1.87. The van der Waals surface area contributed by atoms with Crippen molar-refractivity contribution in [3.05, 3.63) is 96.1 Å². The van der Waals surface area contributed by atoms with E-state index in [0.717, 1.165) is 62.0 Å². The molecule has 0 unspecified atom stereocenters. The van der Waals surface area contributed by atoms with Gasteiger partial charge in [-0.2, -0.15) is 0 Å². The molecule has 5 rings (SSSR count). The van der Waals surface area contributed by atoms with E-state index in [0.29, 0.717) is 5.89 Å². The summed E-state index contributed by atoms with van der Waals surface area (Å²) in [6.45, 7) is 7.90. The molecule has 1 fully saturated rings. The van der Waals surface area contributed by atoms with Gasteiger partial charge in [-0.25, -0.2) is 4.98 Å². The van der Waals surface area contributed by atoms with Gasteiger partial charge >= 0.3 is 0 Å². The molecule has 0 amide bonds. The number of rotatable bonds is 6. The van der Waals surface area contributed by atoms with E-state index in [1.54, 1.807) is 0 Å². The predicted molar refractivity (Wildman–Crippen MR) is 127 cm³/mol. The molecule has 4 aromatic rings. The molecule has 0 spiro atoms. The first-order valence-corrected chi connectivity index (χ1v) is 11.2. The van der Waals surface area contributed by atoms with E-state index in [-0.39, 0.29) is 0 Å². The smallest absolute Gasteiger partial charge is 0.226 e. The normalized spacial score (nSPS) is 15.2. The van der Waals surface area contributed by atoms with Crippen LogP contribution in [0, 0.1) is 6.92 Å². The Bertz CT molecular complexity index is 1130. The Kier molecular flexibility index (Phi) is 6.10. The van der Waals surface area contributed by atoms with Crippen LogP contribution >= 0.6 is 0 Å². The fourth-order valence-corrected chi connectivity index (χ4v) is 4.17. The van der Waals surface area contributed by atoms with Crippen molar-refractivity contribution in [2.24, 2.45) is 0 Å². The molecule has 0 N–H and O–H groups in total. The number of aryl methyl sites for hydroxylation is 1. The van der Waals surface area contributed by atoms with Crippen LogP contribution in [-0.2, 0) is 13.1 Å². The van der Waals surface area contributed by atoms with E-state index in [1.807, 2.05) is 25.3 Å². The predicted octanol–water partition coefficient (Wildman–Crippen LogP) is 5.03. The van der Waals surface area contributed by atoms with Crippen LogP contribution in [-0.4, -0.2) is 45.9 Å². The zero-order valence-corrected chi connectivity index (χ0v) is 18.4. The molecule has 0 atom stereocenters. The highest BCUT2D eigenvalue weighted by molar-refractivity contribution is 5.67. The number of hydrogen-bond acceptors (Lipinski definition) is 5. The molecule has 32 heavy (non-hydrogen) atoms. The Hall–Kier alpha value is -3.28. The summed E-state index contributed by atoms with van der Waals surface area (Å²) in [7, 11) is 0. The Morgan fingerprint density at radius 1 is 0.719 bits per heavy atom. The molecule has 2 aromatic carbocycles. The third-order valence-electron chi connectivity index (χ3n) is 6.08. The van der Waals surface area contributed by atoms with Gasteiger partial charge in [-0.05, 0) is 42.3 Å². The maximum Gasteiger partial charge on any atom is 0.226 e. The number of hydrogen-bond donors (Lipinski definition) is 0. The first kappa shape index (κ1) is 20.6. The Labute approximate surface area is 189 Å². The molecule has 5 nitrogen and oxygen atoms in total. The minimum Gasteiger partial charge on any atom is -0.441 e. The zero-order valence-electron chi connectivity index (χ0n) is 18.4. The molecular formula is C27H28N4O. The van der Waals surface area contributed by atoms with Crippen molar-refractivity contribution in [1.82, 2.24) is 19.8 Å². The fraction of sp³-hybridized carbons (Fsp3) is 0.259. The number of benzene rings is 2. The standard InChI is InChI=1S/C27H28N4O/c1-21-26(20-31-17-15-30(16-18-31)19-25-9-5-6-14-28-25)29-27(32-21)24-12-10-23(11-13-24)22-7-3-2-4-8-22/h2-14H,15-20H2,1H3. The van der Waals surface area contributed by atoms with E-state index in [4.69, 9.17) is 9.40 Å². The van der Waals surface area contributed by atoms with Gasteiger partial charge in [0.05, 0.1) is 11.4 Å². The van der Waals surface area contributed by atoms with Gasteiger partial charge in [0.25, 0.3) is 0 Å². The number of piperazine rings is 1. The van der Waals surface area contributed by atoms with Crippen molar-refractivity contribution in [2.75, 3.05) is 26.2 Å². The monoisotopic (exact) mass is 424 g/mol. The van der Waals surface area contributed by atoms with Crippen molar-refractivity contribution >= 4 is 0 Å². The number of oxazole rings is 1. The van der Waals surface area contributed by atoms with E-state index in [2.05, 4.69) is 75.4 Å². The number of pyridine rings is 1. The van der Waals surface area contributed by atoms with Crippen LogP contribution in [0.5, 0.6) is 0 Å². The van der Waals surface area contributed by atoms with Crippen molar-refractivity contribution < 1.29 is 4.42 Å². The van der Waals surface area contributed by atoms with Crippen molar-refractivity contribution in [1.29, 1.82) is 0 Å². The summed E-state index contributed by atoms with van der Waals surface area (Å²) in [6, 6.07) is 25.0. The molecule has 162 valence electrons. The molecule has 0 radical (unpaired) electrons. The van der Waals surface area contributed by atoms with Crippen molar-refractivity contribution in [3.8, 4) is 22.6 Å². The molecule has 0 aliphatic carbocycles. The number of nitrogens with zero attached hydrogens (tertiary/aromatic N) is 4. The van der Waals surface area contributed by atoms with Crippen LogP contribution in [0.2, 0.25) is 0 Å². The molecule has 0 saturated carbocycles. The van der Waals surface area contributed by atoms with Gasteiger partial charge in [-0.1, -0.05) is 48.5 Å². The van der Waals surface area contributed by atoms with Crippen LogP contribution in [0.4, 0.5) is 0 Å². The lowest BCUT2D eigenvalue weighted by atomic mass is 10.0. The van der Waals surface area contributed by atoms with Crippen LogP contribution < -0.4 is 0 Å². The highest BCUT2D eigenvalue weighted by Gasteiger charge is 2.20. The van der Waals surface area contributed by atoms with Gasteiger partial charge in [0.2, 0.25) is 5.89 Å². The maximum atomic E-state index is 6.03. The third kappa shape index (κ3) is 4.79. The quantitative estimate of drug-likeness (QED) is 0.434. The molecule has 5 heteroatoms. The van der Waals surface area contributed by atoms with Crippen LogP contribution in [0.3, 0.4) is 0 Å². The molecule has 3 heterocycles. The molecular weight excluding hydrogens is 396 g/mol. The van der Waals surface area contributed by atoms with Gasteiger partial charge in [-0.3, -0.25) is 14.8 Å². The zero-order chi connectivity index (χ0) is 21.8. The largest absolute Gasteiger partial charge is 0.441 e. The summed E-state index contributed by atoms with van der Waals surface area (Å²) in [5.41, 5.74) is 5.59. The summed E-state index contributed by atoms with van der Waals surface area (Å²) in [5, 5.41) is 0. The lowest BCUT2D eigenvalue weighted by Crippen LogP contribution is -2.45. The van der Waals surface area contributed by atoms with Crippen LogP contribution in [0.25, 0.3) is 22.6 Å². The van der Waals surface area contributed by atoms with E-state index < -0.39 is 0 Å². The molecule has 1 saturated heterocycles. The average Bonchev–Trinajstić information content (AvgIpc) is 3.22. The maximum absolute atomic E-state index is 6.03. The second kappa shape index (κ2) is 9.47. The minimum atomic E-state index is 0.700. The highest BCUT2D eigenvalue weighted by Crippen LogP contribution is 2.26. The average molecular weight is 425 g/mol. The Balaban J connectivity index is 1.20. The van der Waals surface area contributed by atoms with Gasteiger partial charge < -0.3 is 4.42 Å². The van der Waals surface area contributed by atoms with Crippen LogP contribution in [0.1, 0.15) is 17.1 Å². The van der Waals surface area contributed by atoms with Gasteiger partial charge in [0.1, 0.15) is 5.76 Å². The van der Waals surface area contributed by atoms with Crippen molar-refractivity contribution in [2.45, 2.75) is 20.0 Å². The van der Waals surface area contributed by atoms with Gasteiger partial charge in [0.15, 0.2) is 0 Å². The van der Waals surface area contributed by atoms with Gasteiger partial charge in [0, 0.05) is 51.0 Å². The van der Waals surface area contributed by atoms with E-state index in [9.17, 15) is 0 Å². The lowest BCUT2D eigenvalue weighted by molar-refractivity contribution is 0.120. The van der Waals surface area contributed by atoms with Crippen LogP contribution in [0.15, 0.2) is 83.4 Å². The SMILES string of the molecule is Cc1oc(-c2ccc(-c3ccccc3)cc2)nc1CN1CCN(Cc2ccccn2)CC1. The highest BCUT2D eigenvalue weighted by atomic mass is 16.4. The molecule has 2 aromatic heterocycles. The summed E-state index contributed by atoms with van der Waals surface area (Å²) >= 11 is 0. The topological polar surface area (TPSA) is 45.4 Å². The second-order valence-corrected chi connectivity index (χ2v) is 8.34. The molecule has 1 aliphatic rings.